The highest BCUT2D eigenvalue weighted by molar-refractivity contribution is 5.92. The summed E-state index contributed by atoms with van der Waals surface area (Å²) in [6, 6.07) is 8.38. The SMILES string of the molecule is COC(=O)c1ccc(CN(C(=O)N2CCN(C(=O)O)CC2)c2cccc(F)c2)nc1. The molecule has 30 heavy (non-hydrogen) atoms. The van der Waals surface area contributed by atoms with E-state index in [-0.39, 0.29) is 44.3 Å². The number of carboxylic acid groups (broad SMARTS) is 1. The molecule has 3 rings (SSSR count). The number of aromatic nitrogens is 1. The molecule has 1 fully saturated rings. The largest absolute Gasteiger partial charge is 0.465 e. The topological polar surface area (TPSA) is 103 Å². The lowest BCUT2D eigenvalue weighted by molar-refractivity contribution is 0.0600. The summed E-state index contributed by atoms with van der Waals surface area (Å²) in [5, 5.41) is 9.08. The summed E-state index contributed by atoms with van der Waals surface area (Å²) in [6.45, 7) is 0.897. The second-order valence-corrected chi connectivity index (χ2v) is 6.64. The number of carbonyl (C=O) groups is 3. The fraction of sp³-hybridized carbons (Fsp3) is 0.300. The van der Waals surface area contributed by atoms with E-state index in [1.54, 1.807) is 12.1 Å². The predicted octanol–water partition coefficient (Wildman–Crippen LogP) is 2.43. The number of urea groups is 1. The van der Waals surface area contributed by atoms with Crippen molar-refractivity contribution in [2.45, 2.75) is 6.54 Å². The third-order valence-electron chi connectivity index (χ3n) is 4.74. The highest BCUT2D eigenvalue weighted by Crippen LogP contribution is 2.21. The molecule has 1 saturated heterocycles. The third-order valence-corrected chi connectivity index (χ3v) is 4.74. The van der Waals surface area contributed by atoms with Gasteiger partial charge >= 0.3 is 18.1 Å². The second-order valence-electron chi connectivity index (χ2n) is 6.64. The van der Waals surface area contributed by atoms with Crippen molar-refractivity contribution in [1.82, 2.24) is 14.8 Å². The van der Waals surface area contributed by atoms with Gasteiger partial charge in [0.25, 0.3) is 0 Å². The lowest BCUT2D eigenvalue weighted by Crippen LogP contribution is -2.53. The van der Waals surface area contributed by atoms with E-state index in [1.165, 1.54) is 52.3 Å². The fourth-order valence-corrected chi connectivity index (χ4v) is 3.09. The molecule has 1 aliphatic heterocycles. The first-order valence-corrected chi connectivity index (χ1v) is 9.22. The molecule has 3 amide bonds. The van der Waals surface area contributed by atoms with Crippen LogP contribution in [0.5, 0.6) is 0 Å². The number of carbonyl (C=O) groups excluding carboxylic acids is 2. The van der Waals surface area contributed by atoms with Crippen LogP contribution in [0.25, 0.3) is 0 Å². The first-order valence-electron chi connectivity index (χ1n) is 9.22. The van der Waals surface area contributed by atoms with E-state index in [0.717, 1.165) is 0 Å². The molecule has 10 heteroatoms. The van der Waals surface area contributed by atoms with Gasteiger partial charge in [0.1, 0.15) is 5.82 Å². The number of pyridine rings is 1. The monoisotopic (exact) mass is 416 g/mol. The summed E-state index contributed by atoms with van der Waals surface area (Å²) < 4.78 is 18.4. The number of piperazine rings is 1. The minimum Gasteiger partial charge on any atom is -0.465 e. The quantitative estimate of drug-likeness (QED) is 0.768. The Morgan fingerprint density at radius 1 is 1.13 bits per heavy atom. The number of hydrogen-bond donors (Lipinski definition) is 1. The van der Waals surface area contributed by atoms with Gasteiger partial charge in [-0.3, -0.25) is 9.88 Å². The van der Waals surface area contributed by atoms with Gasteiger partial charge in [-0.15, -0.1) is 0 Å². The van der Waals surface area contributed by atoms with Crippen LogP contribution in [0, 0.1) is 5.82 Å². The smallest absolute Gasteiger partial charge is 0.407 e. The van der Waals surface area contributed by atoms with Gasteiger partial charge in [0.2, 0.25) is 0 Å². The Kier molecular flexibility index (Phi) is 6.45. The molecule has 0 spiro atoms. The van der Waals surface area contributed by atoms with Crippen molar-refractivity contribution in [2.75, 3.05) is 38.2 Å². The molecule has 0 saturated carbocycles. The van der Waals surface area contributed by atoms with Gasteiger partial charge in [0.05, 0.1) is 24.9 Å². The molecule has 158 valence electrons. The van der Waals surface area contributed by atoms with Gasteiger partial charge < -0.3 is 19.6 Å². The molecule has 1 aromatic heterocycles. The van der Waals surface area contributed by atoms with Crippen molar-refractivity contribution < 1.29 is 28.6 Å². The number of rotatable bonds is 4. The molecule has 2 aromatic rings. The Hall–Kier alpha value is -3.69. The molecule has 9 nitrogen and oxygen atoms in total. The highest BCUT2D eigenvalue weighted by atomic mass is 19.1. The number of nitrogens with zero attached hydrogens (tertiary/aromatic N) is 4. The van der Waals surface area contributed by atoms with Crippen molar-refractivity contribution in [3.05, 3.63) is 59.7 Å². The Bertz CT molecular complexity index is 929. The summed E-state index contributed by atoms with van der Waals surface area (Å²) in [5.41, 5.74) is 1.11. The lowest BCUT2D eigenvalue weighted by Gasteiger charge is -2.36. The van der Waals surface area contributed by atoms with Crippen molar-refractivity contribution in [3.8, 4) is 0 Å². The summed E-state index contributed by atoms with van der Waals surface area (Å²) in [5.74, 6) is -1.02. The zero-order chi connectivity index (χ0) is 21.7. The van der Waals surface area contributed by atoms with Crippen molar-refractivity contribution in [1.29, 1.82) is 0 Å². The van der Waals surface area contributed by atoms with E-state index in [1.807, 2.05) is 0 Å². The number of ether oxygens (including phenoxy) is 1. The zero-order valence-electron chi connectivity index (χ0n) is 16.3. The van der Waals surface area contributed by atoms with Crippen molar-refractivity contribution in [3.63, 3.8) is 0 Å². The normalized spacial score (nSPS) is 13.7. The van der Waals surface area contributed by atoms with Crippen molar-refractivity contribution >= 4 is 23.8 Å². The molecule has 1 N–H and O–H groups in total. The second kappa shape index (κ2) is 9.21. The van der Waals surface area contributed by atoms with Crippen LogP contribution in [0.1, 0.15) is 16.1 Å². The lowest BCUT2D eigenvalue weighted by atomic mass is 10.2. The number of benzene rings is 1. The van der Waals surface area contributed by atoms with Gasteiger partial charge in [-0.25, -0.2) is 18.8 Å². The van der Waals surface area contributed by atoms with Crippen LogP contribution in [0.4, 0.5) is 19.7 Å². The van der Waals surface area contributed by atoms with E-state index in [9.17, 15) is 18.8 Å². The minimum absolute atomic E-state index is 0.0445. The summed E-state index contributed by atoms with van der Waals surface area (Å²) >= 11 is 0. The summed E-state index contributed by atoms with van der Waals surface area (Å²) in [7, 11) is 1.27. The fourth-order valence-electron chi connectivity index (χ4n) is 3.09. The molecule has 0 bridgehead atoms. The van der Waals surface area contributed by atoms with E-state index >= 15 is 0 Å². The van der Waals surface area contributed by atoms with Crippen LogP contribution in [-0.2, 0) is 11.3 Å². The number of halogens is 1. The molecule has 2 heterocycles. The van der Waals surface area contributed by atoms with Crippen LogP contribution in [0.2, 0.25) is 0 Å². The third kappa shape index (κ3) is 4.83. The molecule has 0 atom stereocenters. The van der Waals surface area contributed by atoms with Gasteiger partial charge in [0.15, 0.2) is 0 Å². The van der Waals surface area contributed by atoms with Gasteiger partial charge in [-0.1, -0.05) is 6.07 Å². The van der Waals surface area contributed by atoms with Gasteiger partial charge in [-0.05, 0) is 30.3 Å². The standard InChI is InChI=1S/C20H21FN4O5/c1-30-18(26)14-5-6-16(22-12-14)13-25(17-4-2-3-15(21)11-17)19(27)23-7-9-24(10-8-23)20(28)29/h2-6,11-12H,7-10,13H2,1H3,(H,28,29). The number of hydrogen-bond acceptors (Lipinski definition) is 5. The van der Waals surface area contributed by atoms with E-state index in [2.05, 4.69) is 9.72 Å². The molecular weight excluding hydrogens is 395 g/mol. The van der Waals surface area contributed by atoms with Crippen molar-refractivity contribution in [2.24, 2.45) is 0 Å². The Labute approximate surface area is 172 Å². The predicted molar refractivity (Wildman–Crippen MR) is 105 cm³/mol. The average molecular weight is 416 g/mol. The van der Waals surface area contributed by atoms with Crippen LogP contribution >= 0.6 is 0 Å². The molecule has 1 aliphatic rings. The number of anilines is 1. The Balaban J connectivity index is 1.81. The maximum Gasteiger partial charge on any atom is 0.407 e. The first-order chi connectivity index (χ1) is 14.4. The van der Waals surface area contributed by atoms with Crippen LogP contribution < -0.4 is 4.90 Å². The highest BCUT2D eigenvalue weighted by Gasteiger charge is 2.28. The number of esters is 1. The minimum atomic E-state index is -1.03. The molecule has 1 aromatic carbocycles. The maximum absolute atomic E-state index is 13.8. The summed E-state index contributed by atoms with van der Waals surface area (Å²) in [4.78, 5) is 44.2. The van der Waals surface area contributed by atoms with E-state index in [0.29, 0.717) is 11.4 Å². The molecule has 0 aliphatic carbocycles. The van der Waals surface area contributed by atoms with Crippen LogP contribution in [0.3, 0.4) is 0 Å². The first kappa shape index (κ1) is 21.0. The number of methoxy groups -OCH3 is 1. The number of amides is 3. The molecular formula is C20H21FN4O5. The van der Waals surface area contributed by atoms with Gasteiger partial charge in [-0.2, -0.15) is 0 Å². The molecule has 0 radical (unpaired) electrons. The summed E-state index contributed by atoms with van der Waals surface area (Å²) in [6.07, 6.45) is 0.320. The van der Waals surface area contributed by atoms with Crippen LogP contribution in [0.15, 0.2) is 42.6 Å². The zero-order valence-corrected chi connectivity index (χ0v) is 16.3. The molecule has 0 unspecified atom stereocenters. The van der Waals surface area contributed by atoms with E-state index < -0.39 is 17.9 Å². The maximum atomic E-state index is 13.8. The van der Waals surface area contributed by atoms with E-state index in [4.69, 9.17) is 5.11 Å². The van der Waals surface area contributed by atoms with Gasteiger partial charge in [0, 0.05) is 38.1 Å². The average Bonchev–Trinajstić information content (AvgIpc) is 2.77. The van der Waals surface area contributed by atoms with Crippen LogP contribution in [-0.4, -0.2) is 71.3 Å². The Morgan fingerprint density at radius 3 is 2.40 bits per heavy atom. The Morgan fingerprint density at radius 2 is 1.83 bits per heavy atom.